The van der Waals surface area contributed by atoms with Crippen LogP contribution in [0.3, 0.4) is 0 Å². The average molecular weight is 290 g/mol. The molecule has 114 valence electrons. The summed E-state index contributed by atoms with van der Waals surface area (Å²) in [5.74, 6) is 1.04. The lowest BCUT2D eigenvalue weighted by Crippen LogP contribution is -2.41. The second kappa shape index (κ2) is 7.67. The van der Waals surface area contributed by atoms with Gasteiger partial charge in [0, 0.05) is 31.6 Å². The predicted octanol–water partition coefficient (Wildman–Crippen LogP) is 3.06. The number of unbranched alkanes of at least 4 members (excludes halogenated alkanes) is 1. The third-order valence-electron chi connectivity index (χ3n) is 3.48. The number of carbonyl (C=O) groups is 2. The number of nitrogens with one attached hydrogen (secondary N) is 1. The topological polar surface area (TPSA) is 58.6 Å². The summed E-state index contributed by atoms with van der Waals surface area (Å²) in [7, 11) is 0. The highest BCUT2D eigenvalue weighted by Gasteiger charge is 2.20. The first-order valence-corrected chi connectivity index (χ1v) is 7.49. The monoisotopic (exact) mass is 290 g/mol. The van der Waals surface area contributed by atoms with Crippen LogP contribution in [0.5, 0.6) is 5.75 Å². The van der Waals surface area contributed by atoms with Gasteiger partial charge in [0.1, 0.15) is 11.5 Å². The number of amides is 2. The molecule has 1 aliphatic rings. The van der Waals surface area contributed by atoms with Gasteiger partial charge in [0.2, 0.25) is 0 Å². The minimum Gasteiger partial charge on any atom is -0.494 e. The van der Waals surface area contributed by atoms with E-state index in [-0.39, 0.29) is 11.8 Å². The number of rotatable bonds is 5. The maximum absolute atomic E-state index is 12.0. The van der Waals surface area contributed by atoms with Gasteiger partial charge in [-0.3, -0.25) is 4.79 Å². The van der Waals surface area contributed by atoms with Crippen molar-refractivity contribution in [1.29, 1.82) is 0 Å². The van der Waals surface area contributed by atoms with E-state index in [0.29, 0.717) is 32.5 Å². The third-order valence-corrected chi connectivity index (χ3v) is 3.48. The summed E-state index contributed by atoms with van der Waals surface area (Å²) in [5, 5.41) is 2.84. The standard InChI is InChI=1S/C16H22N2O3/c1-2-3-12-21-15-6-4-13(5-7-15)17-16(20)18-10-8-14(19)9-11-18/h4-7H,2-3,8-12H2,1H3,(H,17,20). The number of nitrogens with zero attached hydrogens (tertiary/aromatic N) is 1. The fraction of sp³-hybridized carbons (Fsp3) is 0.500. The average Bonchev–Trinajstić information content (AvgIpc) is 2.50. The molecule has 21 heavy (non-hydrogen) atoms. The van der Waals surface area contributed by atoms with Crippen molar-refractivity contribution >= 4 is 17.5 Å². The van der Waals surface area contributed by atoms with Gasteiger partial charge in [-0.1, -0.05) is 13.3 Å². The van der Waals surface area contributed by atoms with E-state index in [4.69, 9.17) is 4.74 Å². The molecule has 0 radical (unpaired) electrons. The van der Waals surface area contributed by atoms with Gasteiger partial charge >= 0.3 is 6.03 Å². The van der Waals surface area contributed by atoms with Crippen LogP contribution in [0.2, 0.25) is 0 Å². The summed E-state index contributed by atoms with van der Waals surface area (Å²) in [4.78, 5) is 24.9. The zero-order valence-electron chi connectivity index (χ0n) is 12.4. The van der Waals surface area contributed by atoms with Gasteiger partial charge in [-0.2, -0.15) is 0 Å². The highest BCUT2D eigenvalue weighted by atomic mass is 16.5. The molecule has 1 saturated heterocycles. The first-order chi connectivity index (χ1) is 10.2. The molecule has 1 N–H and O–H groups in total. The fourth-order valence-electron chi connectivity index (χ4n) is 2.13. The summed E-state index contributed by atoms with van der Waals surface area (Å²) in [6.45, 7) is 3.84. The van der Waals surface area contributed by atoms with Crippen LogP contribution in [0.25, 0.3) is 0 Å². The van der Waals surface area contributed by atoms with E-state index in [2.05, 4.69) is 12.2 Å². The molecule has 0 saturated carbocycles. The second-order valence-corrected chi connectivity index (χ2v) is 5.18. The second-order valence-electron chi connectivity index (χ2n) is 5.18. The van der Waals surface area contributed by atoms with Crippen LogP contribution in [0, 0.1) is 0 Å². The lowest BCUT2D eigenvalue weighted by Gasteiger charge is -2.26. The molecule has 1 aromatic rings. The predicted molar refractivity (Wildman–Crippen MR) is 81.7 cm³/mol. The highest BCUT2D eigenvalue weighted by Crippen LogP contribution is 2.17. The molecule has 0 spiro atoms. The molecular weight excluding hydrogens is 268 g/mol. The maximum atomic E-state index is 12.0. The van der Waals surface area contributed by atoms with Crippen molar-refractivity contribution in [1.82, 2.24) is 4.90 Å². The molecule has 2 rings (SSSR count). The van der Waals surface area contributed by atoms with Crippen LogP contribution in [-0.4, -0.2) is 36.4 Å². The fourth-order valence-corrected chi connectivity index (χ4v) is 2.13. The van der Waals surface area contributed by atoms with Gasteiger partial charge in [0.15, 0.2) is 0 Å². The van der Waals surface area contributed by atoms with Gasteiger partial charge in [-0.15, -0.1) is 0 Å². The quantitative estimate of drug-likeness (QED) is 0.848. The Morgan fingerprint density at radius 3 is 2.52 bits per heavy atom. The number of ether oxygens (including phenoxy) is 1. The number of carbonyl (C=O) groups excluding carboxylic acids is 2. The number of Topliss-reactive ketones (excluding diaryl/α,β-unsaturated/α-hetero) is 1. The van der Waals surface area contributed by atoms with Crippen molar-refractivity contribution in [2.24, 2.45) is 0 Å². The zero-order chi connectivity index (χ0) is 15.1. The van der Waals surface area contributed by atoms with Gasteiger partial charge < -0.3 is 15.0 Å². The molecule has 1 aromatic carbocycles. The Kier molecular flexibility index (Phi) is 5.60. The molecule has 1 aliphatic heterocycles. The summed E-state index contributed by atoms with van der Waals surface area (Å²) in [6, 6.07) is 7.21. The van der Waals surface area contributed by atoms with Gasteiger partial charge in [0.25, 0.3) is 0 Å². The number of hydrogen-bond acceptors (Lipinski definition) is 3. The molecule has 0 unspecified atom stereocenters. The van der Waals surface area contributed by atoms with E-state index in [9.17, 15) is 9.59 Å². The molecule has 5 heteroatoms. The largest absolute Gasteiger partial charge is 0.494 e. The first kappa shape index (κ1) is 15.4. The van der Waals surface area contributed by atoms with Crippen molar-refractivity contribution in [2.75, 3.05) is 25.0 Å². The smallest absolute Gasteiger partial charge is 0.321 e. The van der Waals surface area contributed by atoms with E-state index in [1.165, 1.54) is 0 Å². The Labute approximate surface area is 125 Å². The normalized spacial score (nSPS) is 14.9. The SMILES string of the molecule is CCCCOc1ccc(NC(=O)N2CCC(=O)CC2)cc1. The number of urea groups is 1. The molecule has 1 heterocycles. The molecule has 5 nitrogen and oxygen atoms in total. The van der Waals surface area contributed by atoms with Crippen LogP contribution in [0.1, 0.15) is 32.6 Å². The first-order valence-electron chi connectivity index (χ1n) is 7.49. The molecule has 2 amide bonds. The molecule has 0 atom stereocenters. The number of ketones is 1. The van der Waals surface area contributed by atoms with Crippen molar-refractivity contribution in [3.8, 4) is 5.75 Å². The van der Waals surface area contributed by atoms with Crippen molar-refractivity contribution < 1.29 is 14.3 Å². The number of benzene rings is 1. The zero-order valence-corrected chi connectivity index (χ0v) is 12.4. The number of hydrogen-bond donors (Lipinski definition) is 1. The van der Waals surface area contributed by atoms with Crippen LogP contribution >= 0.6 is 0 Å². The lowest BCUT2D eigenvalue weighted by atomic mass is 10.1. The Hall–Kier alpha value is -2.04. The van der Waals surface area contributed by atoms with Gasteiger partial charge in [0.05, 0.1) is 6.61 Å². The lowest BCUT2D eigenvalue weighted by molar-refractivity contribution is -0.120. The maximum Gasteiger partial charge on any atom is 0.321 e. The van der Waals surface area contributed by atoms with Crippen molar-refractivity contribution in [2.45, 2.75) is 32.6 Å². The Bertz CT molecular complexity index is 475. The summed E-state index contributed by atoms with van der Waals surface area (Å²) < 4.78 is 5.57. The Balaban J connectivity index is 1.82. The summed E-state index contributed by atoms with van der Waals surface area (Å²) in [5.41, 5.74) is 0.736. The van der Waals surface area contributed by atoms with Crippen LogP contribution in [0.4, 0.5) is 10.5 Å². The van der Waals surface area contributed by atoms with E-state index >= 15 is 0 Å². The van der Waals surface area contributed by atoms with E-state index in [1.807, 2.05) is 24.3 Å². The van der Waals surface area contributed by atoms with Crippen LogP contribution in [0.15, 0.2) is 24.3 Å². The summed E-state index contributed by atoms with van der Waals surface area (Å²) in [6.07, 6.45) is 3.05. The minimum absolute atomic E-state index is 0.151. The molecule has 1 fully saturated rings. The molecule has 0 bridgehead atoms. The van der Waals surface area contributed by atoms with Crippen LogP contribution < -0.4 is 10.1 Å². The molecular formula is C16H22N2O3. The molecule has 0 aromatic heterocycles. The van der Waals surface area contributed by atoms with Gasteiger partial charge in [-0.05, 0) is 30.7 Å². The van der Waals surface area contributed by atoms with E-state index < -0.39 is 0 Å². The van der Waals surface area contributed by atoms with E-state index in [0.717, 1.165) is 24.3 Å². The Morgan fingerprint density at radius 1 is 1.24 bits per heavy atom. The number of likely N-dealkylation sites (tertiary alicyclic amines) is 1. The van der Waals surface area contributed by atoms with Crippen molar-refractivity contribution in [3.63, 3.8) is 0 Å². The molecule has 0 aliphatic carbocycles. The van der Waals surface area contributed by atoms with Crippen LogP contribution in [-0.2, 0) is 4.79 Å². The third kappa shape index (κ3) is 4.77. The van der Waals surface area contributed by atoms with E-state index in [1.54, 1.807) is 4.90 Å². The van der Waals surface area contributed by atoms with Crippen molar-refractivity contribution in [3.05, 3.63) is 24.3 Å². The minimum atomic E-state index is -0.151. The van der Waals surface area contributed by atoms with Gasteiger partial charge in [-0.25, -0.2) is 4.79 Å². The summed E-state index contributed by atoms with van der Waals surface area (Å²) >= 11 is 0. The highest BCUT2D eigenvalue weighted by molar-refractivity contribution is 5.91. The number of piperidine rings is 1. The Morgan fingerprint density at radius 2 is 1.90 bits per heavy atom. The number of anilines is 1.